The number of nitrogens with zero attached hydrogens (tertiary/aromatic N) is 3. The summed E-state index contributed by atoms with van der Waals surface area (Å²) in [7, 11) is 2.00. The standard InChI is InChI=1S/C17H20F3N3O/c1-11-7-14(17(18,19)20)13-9-12(21-15(13)8-11)10-16(24)23-5-3-22(2)4-6-23/h7-8H,3-6,9-10H2,1-2H3. The minimum atomic E-state index is -4.40. The molecule has 0 bridgehead atoms. The largest absolute Gasteiger partial charge is 0.416 e. The first-order chi connectivity index (χ1) is 11.2. The van der Waals surface area contributed by atoms with E-state index in [0.717, 1.165) is 19.2 Å². The molecule has 0 spiro atoms. The van der Waals surface area contributed by atoms with Crippen LogP contribution in [0.15, 0.2) is 17.1 Å². The lowest BCUT2D eigenvalue weighted by Gasteiger charge is -2.32. The van der Waals surface area contributed by atoms with E-state index in [1.165, 1.54) is 0 Å². The Morgan fingerprint density at radius 3 is 2.50 bits per heavy atom. The highest BCUT2D eigenvalue weighted by Gasteiger charge is 2.36. The lowest BCUT2D eigenvalue weighted by Crippen LogP contribution is -2.47. The van der Waals surface area contributed by atoms with Gasteiger partial charge in [-0.25, -0.2) is 0 Å². The van der Waals surface area contributed by atoms with E-state index in [1.807, 2.05) is 7.05 Å². The highest BCUT2D eigenvalue weighted by atomic mass is 19.4. The third kappa shape index (κ3) is 3.45. The van der Waals surface area contributed by atoms with Crippen LogP contribution < -0.4 is 0 Å². The lowest BCUT2D eigenvalue weighted by atomic mass is 9.99. The topological polar surface area (TPSA) is 35.9 Å². The minimum Gasteiger partial charge on any atom is -0.340 e. The summed E-state index contributed by atoms with van der Waals surface area (Å²) in [6, 6.07) is 2.80. The van der Waals surface area contributed by atoms with Crippen LogP contribution in [0.3, 0.4) is 0 Å². The van der Waals surface area contributed by atoms with Crippen LogP contribution >= 0.6 is 0 Å². The van der Waals surface area contributed by atoms with Gasteiger partial charge < -0.3 is 9.80 Å². The molecule has 2 heterocycles. The average Bonchev–Trinajstić information content (AvgIpc) is 2.87. The van der Waals surface area contributed by atoms with Crippen molar-refractivity contribution in [1.29, 1.82) is 0 Å². The Morgan fingerprint density at radius 1 is 1.21 bits per heavy atom. The van der Waals surface area contributed by atoms with E-state index in [2.05, 4.69) is 9.89 Å². The first kappa shape index (κ1) is 17.0. The molecule has 0 aromatic heterocycles. The number of carbonyl (C=O) groups is 1. The van der Waals surface area contributed by atoms with E-state index in [9.17, 15) is 18.0 Å². The van der Waals surface area contributed by atoms with Crippen molar-refractivity contribution in [2.24, 2.45) is 4.99 Å². The Bertz CT molecular complexity index is 689. The number of amides is 1. The molecule has 0 aliphatic carbocycles. The van der Waals surface area contributed by atoms with Gasteiger partial charge in [-0.3, -0.25) is 9.79 Å². The number of halogens is 3. The van der Waals surface area contributed by atoms with Crippen molar-refractivity contribution in [3.63, 3.8) is 0 Å². The Labute approximate surface area is 139 Å². The molecule has 0 radical (unpaired) electrons. The second kappa shape index (κ2) is 6.20. The highest BCUT2D eigenvalue weighted by Crippen LogP contribution is 2.40. The molecule has 3 rings (SSSR count). The molecule has 1 aromatic rings. The van der Waals surface area contributed by atoms with Crippen LogP contribution in [0.4, 0.5) is 18.9 Å². The monoisotopic (exact) mass is 339 g/mol. The fourth-order valence-corrected chi connectivity index (χ4v) is 3.19. The first-order valence-corrected chi connectivity index (χ1v) is 7.97. The lowest BCUT2D eigenvalue weighted by molar-refractivity contribution is -0.138. The number of hydrogen-bond donors (Lipinski definition) is 0. The van der Waals surface area contributed by atoms with Crippen LogP contribution in [0.1, 0.15) is 23.1 Å². The molecule has 0 N–H and O–H groups in total. The molecule has 0 saturated carbocycles. The van der Waals surface area contributed by atoms with Crippen LogP contribution in [-0.4, -0.2) is 54.6 Å². The van der Waals surface area contributed by atoms with Gasteiger partial charge in [-0.15, -0.1) is 0 Å². The Hall–Kier alpha value is -1.89. The van der Waals surface area contributed by atoms with Crippen LogP contribution in [-0.2, 0) is 17.4 Å². The second-order valence-electron chi connectivity index (χ2n) is 6.52. The highest BCUT2D eigenvalue weighted by molar-refractivity contribution is 6.05. The fraction of sp³-hybridized carbons (Fsp3) is 0.529. The second-order valence-corrected chi connectivity index (χ2v) is 6.52. The van der Waals surface area contributed by atoms with Gasteiger partial charge >= 0.3 is 6.18 Å². The third-order valence-electron chi connectivity index (χ3n) is 4.55. The number of hydrogen-bond acceptors (Lipinski definition) is 3. The Kier molecular flexibility index (Phi) is 4.38. The Morgan fingerprint density at radius 2 is 1.88 bits per heavy atom. The molecule has 0 unspecified atom stereocenters. The van der Waals surface area contributed by atoms with Gasteiger partial charge in [-0.05, 0) is 37.2 Å². The molecule has 1 amide bonds. The number of aryl methyl sites for hydroxylation is 1. The van der Waals surface area contributed by atoms with Gasteiger partial charge in [0, 0.05) is 38.3 Å². The van der Waals surface area contributed by atoms with E-state index >= 15 is 0 Å². The number of carbonyl (C=O) groups excluding carboxylic acids is 1. The van der Waals surface area contributed by atoms with E-state index in [0.29, 0.717) is 30.1 Å². The molecule has 1 aromatic carbocycles. The third-order valence-corrected chi connectivity index (χ3v) is 4.55. The number of benzene rings is 1. The minimum absolute atomic E-state index is 0.0556. The van der Waals surface area contributed by atoms with Gasteiger partial charge in [-0.1, -0.05) is 0 Å². The van der Waals surface area contributed by atoms with Crippen molar-refractivity contribution < 1.29 is 18.0 Å². The summed E-state index contributed by atoms with van der Waals surface area (Å²) in [4.78, 5) is 20.6. The number of aliphatic imine (C=N–C) groups is 1. The van der Waals surface area contributed by atoms with Crippen molar-refractivity contribution in [3.05, 3.63) is 28.8 Å². The first-order valence-electron chi connectivity index (χ1n) is 7.97. The van der Waals surface area contributed by atoms with Crippen molar-refractivity contribution in [2.45, 2.75) is 25.9 Å². The van der Waals surface area contributed by atoms with E-state index < -0.39 is 11.7 Å². The average molecular weight is 339 g/mol. The van der Waals surface area contributed by atoms with E-state index in [-0.39, 0.29) is 24.3 Å². The van der Waals surface area contributed by atoms with Gasteiger partial charge in [0.1, 0.15) is 0 Å². The van der Waals surface area contributed by atoms with Crippen molar-refractivity contribution in [2.75, 3.05) is 33.2 Å². The smallest absolute Gasteiger partial charge is 0.340 e. The maximum absolute atomic E-state index is 13.2. The SMILES string of the molecule is Cc1cc2c(c(C(F)(F)F)c1)CC(CC(=O)N1CCN(C)CC1)=N2. The van der Waals surface area contributed by atoms with E-state index in [4.69, 9.17) is 0 Å². The summed E-state index contributed by atoms with van der Waals surface area (Å²) in [6.07, 6.45) is -4.21. The van der Waals surface area contributed by atoms with E-state index in [1.54, 1.807) is 17.9 Å². The van der Waals surface area contributed by atoms with Crippen LogP contribution in [0.2, 0.25) is 0 Å². The van der Waals surface area contributed by atoms with Crippen molar-refractivity contribution in [3.8, 4) is 0 Å². The van der Waals surface area contributed by atoms with Gasteiger partial charge in [-0.2, -0.15) is 13.2 Å². The zero-order chi connectivity index (χ0) is 17.5. The van der Waals surface area contributed by atoms with Gasteiger partial charge in [0.2, 0.25) is 5.91 Å². The van der Waals surface area contributed by atoms with Gasteiger partial charge in [0.15, 0.2) is 0 Å². The van der Waals surface area contributed by atoms with Crippen molar-refractivity contribution in [1.82, 2.24) is 9.80 Å². The molecule has 2 aliphatic rings. The molecule has 2 aliphatic heterocycles. The quantitative estimate of drug-likeness (QED) is 0.831. The summed E-state index contributed by atoms with van der Waals surface area (Å²) in [6.45, 7) is 4.56. The zero-order valence-corrected chi connectivity index (χ0v) is 13.8. The molecule has 130 valence electrons. The number of fused-ring (bicyclic) bond motifs is 1. The van der Waals surface area contributed by atoms with Gasteiger partial charge in [0.25, 0.3) is 0 Å². The zero-order valence-electron chi connectivity index (χ0n) is 13.8. The fourth-order valence-electron chi connectivity index (χ4n) is 3.19. The summed E-state index contributed by atoms with van der Waals surface area (Å²) < 4.78 is 39.6. The number of piperazine rings is 1. The van der Waals surface area contributed by atoms with Crippen LogP contribution in [0.5, 0.6) is 0 Å². The van der Waals surface area contributed by atoms with Crippen molar-refractivity contribution >= 4 is 17.3 Å². The molecular formula is C17H20F3N3O. The predicted octanol–water partition coefficient (Wildman–Crippen LogP) is 2.81. The summed E-state index contributed by atoms with van der Waals surface area (Å²) in [5.41, 5.74) is 0.947. The van der Waals surface area contributed by atoms with Crippen LogP contribution in [0.25, 0.3) is 0 Å². The maximum Gasteiger partial charge on any atom is 0.416 e. The molecule has 1 fully saturated rings. The number of likely N-dealkylation sites (N-methyl/N-ethyl adjacent to an activating group) is 1. The normalized spacial score (nSPS) is 18.5. The molecule has 7 heteroatoms. The predicted molar refractivity (Wildman–Crippen MR) is 85.7 cm³/mol. The number of alkyl halides is 3. The Balaban J connectivity index is 1.74. The molecule has 1 saturated heterocycles. The van der Waals surface area contributed by atoms with Crippen LogP contribution in [0, 0.1) is 6.92 Å². The summed E-state index contributed by atoms with van der Waals surface area (Å²) >= 11 is 0. The van der Waals surface area contributed by atoms with Gasteiger partial charge in [0.05, 0.1) is 17.7 Å². The summed E-state index contributed by atoms with van der Waals surface area (Å²) in [5, 5.41) is 0. The molecule has 4 nitrogen and oxygen atoms in total. The summed E-state index contributed by atoms with van der Waals surface area (Å²) in [5.74, 6) is -0.0556. The molecule has 0 atom stereocenters. The number of rotatable bonds is 2. The molecule has 24 heavy (non-hydrogen) atoms. The maximum atomic E-state index is 13.2. The molecular weight excluding hydrogens is 319 g/mol.